The van der Waals surface area contributed by atoms with Gasteiger partial charge in [-0.2, -0.15) is 0 Å². The van der Waals surface area contributed by atoms with Crippen molar-refractivity contribution in [2.24, 2.45) is 11.8 Å². The Morgan fingerprint density at radius 1 is 0.476 bits per heavy atom. The molecule has 63 heavy (non-hydrogen) atoms. The Balaban J connectivity index is 0.848. The maximum Gasteiger partial charge on any atom is 0.144 e. The van der Waals surface area contributed by atoms with Gasteiger partial charge in [0.1, 0.15) is 11.2 Å². The van der Waals surface area contributed by atoms with E-state index in [2.05, 4.69) is 182 Å². The van der Waals surface area contributed by atoms with E-state index in [-0.39, 0.29) is 11.8 Å². The van der Waals surface area contributed by atoms with Crippen molar-refractivity contribution in [2.45, 2.75) is 0 Å². The Kier molecular flexibility index (Phi) is 7.20. The third kappa shape index (κ3) is 5.19. The summed E-state index contributed by atoms with van der Waals surface area (Å²) >= 11 is 0. The van der Waals surface area contributed by atoms with E-state index in [1.807, 2.05) is 18.3 Å². The number of aromatic nitrogens is 3. The lowest BCUT2D eigenvalue weighted by Crippen LogP contribution is -2.29. The third-order valence-corrected chi connectivity index (χ3v) is 13.6. The summed E-state index contributed by atoms with van der Waals surface area (Å²) in [5.74, 6) is 0.475. The molecular weight excluding hydrogens is 767 g/mol. The van der Waals surface area contributed by atoms with Gasteiger partial charge in [0.05, 0.1) is 27.9 Å². The molecule has 0 amide bonds. The number of para-hydroxylation sites is 2. The Morgan fingerprint density at radius 2 is 1.25 bits per heavy atom. The highest BCUT2D eigenvalue weighted by Gasteiger charge is 2.40. The molecule has 4 aliphatic rings. The number of furan rings is 1. The predicted octanol–water partition coefficient (Wildman–Crippen LogP) is 14.7. The maximum absolute atomic E-state index is 6.60. The van der Waals surface area contributed by atoms with Gasteiger partial charge in [0.15, 0.2) is 0 Å². The average molecular weight is 802 g/mol. The van der Waals surface area contributed by atoms with Gasteiger partial charge in [-0.1, -0.05) is 158 Å². The van der Waals surface area contributed by atoms with E-state index in [4.69, 9.17) is 19.4 Å². The van der Waals surface area contributed by atoms with Gasteiger partial charge in [0, 0.05) is 72.4 Å². The second kappa shape index (κ2) is 13.1. The highest BCUT2D eigenvalue weighted by Crippen LogP contribution is 2.53. The lowest BCUT2D eigenvalue weighted by atomic mass is 9.62. The molecule has 4 heteroatoms. The van der Waals surface area contributed by atoms with Crippen LogP contribution in [0.3, 0.4) is 0 Å². The summed E-state index contributed by atoms with van der Waals surface area (Å²) < 4.78 is 6.60. The predicted molar refractivity (Wildman–Crippen MR) is 259 cm³/mol. The SMILES string of the molecule is C1=CC2=CC=C(c3cnc4c(ccc5ccc(-c6ccccc6)nc54)c3)C3=CC=C4C=C(c5cccc(-c6nc7ccccc7c7c6ccc6c8ccccc8oc67)c5)C=C1C4C23. The van der Waals surface area contributed by atoms with E-state index in [9.17, 15) is 0 Å². The third-order valence-electron chi connectivity index (χ3n) is 13.6. The fourth-order valence-electron chi connectivity index (χ4n) is 10.7. The van der Waals surface area contributed by atoms with Crippen molar-refractivity contribution >= 4 is 76.6 Å². The highest BCUT2D eigenvalue weighted by atomic mass is 16.3. The van der Waals surface area contributed by atoms with Crippen LogP contribution in [0.15, 0.2) is 227 Å². The number of benzene rings is 6. The zero-order valence-corrected chi connectivity index (χ0v) is 34.0. The topological polar surface area (TPSA) is 51.8 Å². The monoisotopic (exact) mass is 801 g/mol. The first-order chi connectivity index (χ1) is 31.2. The quantitative estimate of drug-likeness (QED) is 0.166. The molecule has 0 bridgehead atoms. The molecule has 292 valence electrons. The van der Waals surface area contributed by atoms with Crippen molar-refractivity contribution in [3.05, 3.63) is 234 Å². The summed E-state index contributed by atoms with van der Waals surface area (Å²) in [6, 6.07) is 51.3. The average Bonchev–Trinajstić information content (AvgIpc) is 3.74. The van der Waals surface area contributed by atoms with Crippen molar-refractivity contribution < 1.29 is 4.42 Å². The molecule has 10 aromatic rings. The molecule has 0 aliphatic heterocycles. The van der Waals surface area contributed by atoms with Gasteiger partial charge in [-0.25, -0.2) is 9.97 Å². The fraction of sp³-hybridized carbons (Fsp3) is 0.0339. The molecule has 4 nitrogen and oxygen atoms in total. The molecule has 0 saturated carbocycles. The Morgan fingerprint density at radius 3 is 2.21 bits per heavy atom. The van der Waals surface area contributed by atoms with Gasteiger partial charge < -0.3 is 4.42 Å². The maximum atomic E-state index is 6.60. The highest BCUT2D eigenvalue weighted by molar-refractivity contribution is 6.24. The minimum absolute atomic E-state index is 0.232. The van der Waals surface area contributed by atoms with Crippen molar-refractivity contribution in [1.82, 2.24) is 15.0 Å². The van der Waals surface area contributed by atoms with Gasteiger partial charge in [-0.05, 0) is 75.4 Å². The van der Waals surface area contributed by atoms with Crippen LogP contribution in [0.2, 0.25) is 0 Å². The van der Waals surface area contributed by atoms with Gasteiger partial charge in [0.2, 0.25) is 0 Å². The van der Waals surface area contributed by atoms with E-state index in [1.165, 1.54) is 39.0 Å². The van der Waals surface area contributed by atoms with Crippen LogP contribution in [0.1, 0.15) is 11.1 Å². The number of pyridine rings is 3. The van der Waals surface area contributed by atoms with Gasteiger partial charge in [-0.15, -0.1) is 0 Å². The summed E-state index contributed by atoms with van der Waals surface area (Å²) in [7, 11) is 0. The normalized spacial score (nSPS) is 17.7. The van der Waals surface area contributed by atoms with Crippen LogP contribution >= 0.6 is 0 Å². The number of rotatable bonds is 4. The number of allylic oxidation sites excluding steroid dienone is 14. The number of fused-ring (bicyclic) bond motifs is 10. The molecule has 4 aromatic heterocycles. The molecule has 14 rings (SSSR count). The minimum atomic E-state index is 0.232. The van der Waals surface area contributed by atoms with Crippen LogP contribution < -0.4 is 0 Å². The molecule has 2 atom stereocenters. The molecule has 6 aromatic carbocycles. The molecule has 0 saturated heterocycles. The number of hydrogen-bond acceptors (Lipinski definition) is 4. The first-order valence-corrected chi connectivity index (χ1v) is 21.6. The zero-order chi connectivity index (χ0) is 41.2. The second-order valence-corrected chi connectivity index (χ2v) is 17.1. The van der Waals surface area contributed by atoms with Crippen molar-refractivity contribution in [1.29, 1.82) is 0 Å². The first-order valence-electron chi connectivity index (χ1n) is 21.6. The van der Waals surface area contributed by atoms with E-state index in [1.54, 1.807) is 0 Å². The lowest BCUT2D eigenvalue weighted by Gasteiger charge is -2.41. The first kappa shape index (κ1) is 34.5. The zero-order valence-electron chi connectivity index (χ0n) is 34.0. The van der Waals surface area contributed by atoms with Crippen LogP contribution in [0.5, 0.6) is 0 Å². The van der Waals surface area contributed by atoms with Crippen molar-refractivity contribution in [3.63, 3.8) is 0 Å². The lowest BCUT2D eigenvalue weighted by molar-refractivity contribution is 0.568. The number of hydrogen-bond donors (Lipinski definition) is 0. The van der Waals surface area contributed by atoms with Gasteiger partial charge in [-0.3, -0.25) is 4.98 Å². The summed E-state index contributed by atoms with van der Waals surface area (Å²) in [6.07, 6.45) is 20.8. The van der Waals surface area contributed by atoms with Crippen LogP contribution in [0.4, 0.5) is 0 Å². The Labute approximate surface area is 362 Å². The molecule has 0 radical (unpaired) electrons. The fourth-order valence-corrected chi connectivity index (χ4v) is 10.7. The molecule has 0 spiro atoms. The van der Waals surface area contributed by atoms with Crippen molar-refractivity contribution in [3.8, 4) is 22.5 Å². The summed E-state index contributed by atoms with van der Waals surface area (Å²) in [4.78, 5) is 15.5. The molecule has 4 heterocycles. The molecule has 0 N–H and O–H groups in total. The van der Waals surface area contributed by atoms with Crippen LogP contribution in [-0.4, -0.2) is 15.0 Å². The largest absolute Gasteiger partial charge is 0.455 e. The second-order valence-electron chi connectivity index (χ2n) is 17.1. The summed E-state index contributed by atoms with van der Waals surface area (Å²) in [5, 5.41) is 7.71. The van der Waals surface area contributed by atoms with Crippen LogP contribution in [-0.2, 0) is 0 Å². The number of nitrogens with zero attached hydrogens (tertiary/aromatic N) is 3. The summed E-state index contributed by atoms with van der Waals surface area (Å²) in [6.45, 7) is 0. The standard InChI is InChI=1S/C59H35N3O/c1-2-9-34(10-3-1)50-28-23-36-18-20-41-32-43(33-60-57(41)58(36)61-50)44-24-21-35-17-19-38-30-42(31-39-22-25-46(44)54(35)53(38)39)37-11-8-12-40(29-37)56-49-27-26-47-45-13-5-7-16-52(45)63-59(47)55(49)48-14-4-6-15-51(48)62-56/h1-33,53-54H. The van der Waals surface area contributed by atoms with E-state index in [0.29, 0.717) is 0 Å². The van der Waals surface area contributed by atoms with E-state index < -0.39 is 0 Å². The molecule has 2 unspecified atom stereocenters. The van der Waals surface area contributed by atoms with Gasteiger partial charge in [0.25, 0.3) is 0 Å². The summed E-state index contributed by atoms with van der Waals surface area (Å²) in [5.41, 5.74) is 18.8. The molecular formula is C59H35N3O. The van der Waals surface area contributed by atoms with Crippen molar-refractivity contribution in [2.75, 3.05) is 0 Å². The van der Waals surface area contributed by atoms with E-state index in [0.717, 1.165) is 93.5 Å². The van der Waals surface area contributed by atoms with Gasteiger partial charge >= 0.3 is 0 Å². The Bertz CT molecular complexity index is 3910. The molecule has 0 fully saturated rings. The Hall–Kier alpha value is -8.21. The molecule has 4 aliphatic carbocycles. The van der Waals surface area contributed by atoms with E-state index >= 15 is 0 Å². The van der Waals surface area contributed by atoms with Crippen LogP contribution in [0.25, 0.3) is 99.1 Å². The van der Waals surface area contributed by atoms with Crippen LogP contribution in [0, 0.1) is 11.8 Å². The smallest absolute Gasteiger partial charge is 0.144 e. The minimum Gasteiger partial charge on any atom is -0.455 e.